The van der Waals surface area contributed by atoms with Gasteiger partial charge in [0.2, 0.25) is 0 Å². The van der Waals surface area contributed by atoms with Crippen LogP contribution >= 0.6 is 0 Å². The first-order chi connectivity index (χ1) is 11.6. The lowest BCUT2D eigenvalue weighted by Crippen LogP contribution is -1.98. The first-order valence-electron chi connectivity index (χ1n) is 8.00. The van der Waals surface area contributed by atoms with Gasteiger partial charge >= 0.3 is 0 Å². The molecule has 0 aliphatic rings. The number of nitrogens with one attached hydrogen (secondary N) is 1. The van der Waals surface area contributed by atoms with Crippen LogP contribution in [0.3, 0.4) is 0 Å². The molecule has 0 spiro atoms. The maximum atomic E-state index is 5.82. The van der Waals surface area contributed by atoms with E-state index in [1.165, 1.54) is 11.1 Å². The van der Waals surface area contributed by atoms with Crippen molar-refractivity contribution < 1.29 is 4.42 Å². The molecule has 1 aromatic carbocycles. The van der Waals surface area contributed by atoms with E-state index in [0.29, 0.717) is 0 Å². The lowest BCUT2D eigenvalue weighted by atomic mass is 10.2. The number of aryl methyl sites for hydroxylation is 3. The van der Waals surface area contributed by atoms with Crippen LogP contribution in [-0.2, 0) is 0 Å². The topological polar surface area (TPSA) is 42.5 Å². The molecule has 4 nitrogen and oxygen atoms in total. The highest BCUT2D eigenvalue weighted by atomic mass is 16.3. The van der Waals surface area contributed by atoms with Crippen molar-refractivity contribution in [1.29, 1.82) is 0 Å². The fraction of sp³-hybridized carbons (Fsp3) is 0.150. The van der Waals surface area contributed by atoms with Crippen LogP contribution in [-0.4, -0.2) is 9.38 Å². The van der Waals surface area contributed by atoms with Crippen molar-refractivity contribution in [2.45, 2.75) is 20.8 Å². The Bertz CT molecular complexity index is 1030. The summed E-state index contributed by atoms with van der Waals surface area (Å²) in [7, 11) is 0. The third-order valence-corrected chi connectivity index (χ3v) is 4.14. The Morgan fingerprint density at radius 2 is 1.79 bits per heavy atom. The normalized spacial score (nSPS) is 11.1. The number of para-hydroxylation sites is 1. The summed E-state index contributed by atoms with van der Waals surface area (Å²) in [6.45, 7) is 6.11. The van der Waals surface area contributed by atoms with E-state index in [1.807, 2.05) is 37.3 Å². The first kappa shape index (κ1) is 14.6. The van der Waals surface area contributed by atoms with Crippen molar-refractivity contribution in [2.24, 2.45) is 0 Å². The molecule has 4 rings (SSSR count). The summed E-state index contributed by atoms with van der Waals surface area (Å²) < 4.78 is 7.90. The van der Waals surface area contributed by atoms with E-state index >= 15 is 0 Å². The summed E-state index contributed by atoms with van der Waals surface area (Å²) in [6, 6.07) is 16.2. The van der Waals surface area contributed by atoms with Crippen LogP contribution in [0.1, 0.15) is 16.9 Å². The van der Waals surface area contributed by atoms with Crippen LogP contribution in [0.4, 0.5) is 11.5 Å². The number of fused-ring (bicyclic) bond motifs is 1. The van der Waals surface area contributed by atoms with E-state index in [-0.39, 0.29) is 0 Å². The minimum atomic E-state index is 0.768. The van der Waals surface area contributed by atoms with E-state index in [9.17, 15) is 0 Å². The van der Waals surface area contributed by atoms with Crippen LogP contribution in [0.5, 0.6) is 0 Å². The molecule has 0 aliphatic heterocycles. The molecule has 0 fully saturated rings. The molecule has 24 heavy (non-hydrogen) atoms. The average molecular weight is 317 g/mol. The number of benzene rings is 1. The van der Waals surface area contributed by atoms with Gasteiger partial charge in [-0.05, 0) is 56.2 Å². The molecule has 120 valence electrons. The van der Waals surface area contributed by atoms with Gasteiger partial charge in [0, 0.05) is 11.9 Å². The van der Waals surface area contributed by atoms with Crippen molar-refractivity contribution >= 4 is 17.2 Å². The van der Waals surface area contributed by atoms with Crippen molar-refractivity contribution in [3.05, 3.63) is 71.6 Å². The molecule has 4 aromatic rings. The number of aromatic nitrogens is 2. The Morgan fingerprint density at radius 1 is 0.958 bits per heavy atom. The second-order valence-electron chi connectivity index (χ2n) is 6.09. The minimum Gasteiger partial charge on any atom is -0.460 e. The van der Waals surface area contributed by atoms with Crippen molar-refractivity contribution in [1.82, 2.24) is 9.38 Å². The fourth-order valence-electron chi connectivity index (χ4n) is 2.84. The molecule has 0 saturated heterocycles. The van der Waals surface area contributed by atoms with Crippen molar-refractivity contribution in [3.8, 4) is 11.5 Å². The Kier molecular flexibility index (Phi) is 3.38. The van der Waals surface area contributed by atoms with Gasteiger partial charge in [0.1, 0.15) is 22.9 Å². The highest BCUT2D eigenvalue weighted by Gasteiger charge is 2.17. The summed E-state index contributed by atoms with van der Waals surface area (Å²) in [5.74, 6) is 2.56. The largest absolute Gasteiger partial charge is 0.460 e. The van der Waals surface area contributed by atoms with Gasteiger partial charge in [0.05, 0.1) is 0 Å². The number of pyridine rings is 1. The Balaban J connectivity index is 1.93. The van der Waals surface area contributed by atoms with E-state index in [4.69, 9.17) is 9.40 Å². The summed E-state index contributed by atoms with van der Waals surface area (Å²) in [6.07, 6.45) is 2.09. The second-order valence-corrected chi connectivity index (χ2v) is 6.09. The smallest absolute Gasteiger partial charge is 0.156 e. The van der Waals surface area contributed by atoms with Crippen molar-refractivity contribution in [3.63, 3.8) is 0 Å². The number of nitrogens with zero attached hydrogens (tertiary/aromatic N) is 2. The maximum absolute atomic E-state index is 5.82. The fourth-order valence-corrected chi connectivity index (χ4v) is 2.84. The number of hydrogen-bond acceptors (Lipinski definition) is 3. The van der Waals surface area contributed by atoms with Crippen molar-refractivity contribution in [2.75, 3.05) is 5.32 Å². The average Bonchev–Trinajstić information content (AvgIpc) is 3.14. The van der Waals surface area contributed by atoms with Crippen LogP contribution in [0.15, 0.2) is 59.1 Å². The van der Waals surface area contributed by atoms with Crippen LogP contribution in [0, 0.1) is 20.8 Å². The summed E-state index contributed by atoms with van der Waals surface area (Å²) in [4.78, 5) is 4.77. The van der Waals surface area contributed by atoms with Gasteiger partial charge < -0.3 is 9.73 Å². The van der Waals surface area contributed by atoms with E-state index in [2.05, 4.69) is 48.0 Å². The number of furan rings is 1. The molecular weight excluding hydrogens is 298 g/mol. The molecule has 0 saturated carbocycles. The van der Waals surface area contributed by atoms with Gasteiger partial charge in [0.15, 0.2) is 5.76 Å². The molecule has 0 amide bonds. The Morgan fingerprint density at radius 3 is 2.54 bits per heavy atom. The summed E-state index contributed by atoms with van der Waals surface area (Å²) in [5, 5.41) is 3.54. The third-order valence-electron chi connectivity index (χ3n) is 4.14. The van der Waals surface area contributed by atoms with Gasteiger partial charge in [-0.25, -0.2) is 4.98 Å². The molecule has 0 atom stereocenters. The SMILES string of the molecule is Cc1ccc2nc(-c3ccc(C)o3)c(Nc3ccccc3C)n2c1. The number of imidazole rings is 1. The highest BCUT2D eigenvalue weighted by Crippen LogP contribution is 2.33. The van der Waals surface area contributed by atoms with Crippen LogP contribution < -0.4 is 5.32 Å². The molecule has 1 N–H and O–H groups in total. The predicted molar refractivity (Wildman–Crippen MR) is 96.8 cm³/mol. The minimum absolute atomic E-state index is 0.768. The number of anilines is 2. The molecule has 0 unspecified atom stereocenters. The molecule has 0 aliphatic carbocycles. The van der Waals surface area contributed by atoms with Gasteiger partial charge in [-0.2, -0.15) is 0 Å². The standard InChI is InChI=1S/C20H19N3O/c1-13-8-11-18-22-19(17-10-9-15(3)24-17)20(23(18)12-13)21-16-7-5-4-6-14(16)2/h4-12,21H,1-3H3. The van der Waals surface area contributed by atoms with E-state index in [1.54, 1.807) is 0 Å². The van der Waals surface area contributed by atoms with Gasteiger partial charge in [-0.3, -0.25) is 4.40 Å². The van der Waals surface area contributed by atoms with Gasteiger partial charge in [-0.1, -0.05) is 24.3 Å². The zero-order chi connectivity index (χ0) is 16.7. The first-order valence-corrected chi connectivity index (χ1v) is 8.00. The zero-order valence-corrected chi connectivity index (χ0v) is 14.0. The second kappa shape index (κ2) is 5.57. The zero-order valence-electron chi connectivity index (χ0n) is 14.0. The summed E-state index contributed by atoms with van der Waals surface area (Å²) in [5.41, 5.74) is 5.12. The predicted octanol–water partition coefficient (Wildman–Crippen LogP) is 5.26. The number of rotatable bonds is 3. The van der Waals surface area contributed by atoms with Gasteiger partial charge in [0.25, 0.3) is 0 Å². The maximum Gasteiger partial charge on any atom is 0.156 e. The molecular formula is C20H19N3O. The molecule has 3 aromatic heterocycles. The summed E-state index contributed by atoms with van der Waals surface area (Å²) >= 11 is 0. The Hall–Kier alpha value is -3.01. The van der Waals surface area contributed by atoms with Crippen LogP contribution in [0.25, 0.3) is 17.1 Å². The third kappa shape index (κ3) is 2.46. The quantitative estimate of drug-likeness (QED) is 0.560. The Labute approximate surface area is 140 Å². The highest BCUT2D eigenvalue weighted by molar-refractivity contribution is 5.78. The van der Waals surface area contributed by atoms with Crippen LogP contribution in [0.2, 0.25) is 0 Å². The molecule has 0 bridgehead atoms. The van der Waals surface area contributed by atoms with Gasteiger partial charge in [-0.15, -0.1) is 0 Å². The van der Waals surface area contributed by atoms with E-state index in [0.717, 1.165) is 34.4 Å². The number of hydrogen-bond donors (Lipinski definition) is 1. The molecule has 0 radical (unpaired) electrons. The lowest BCUT2D eigenvalue weighted by Gasteiger charge is -2.10. The lowest BCUT2D eigenvalue weighted by molar-refractivity contribution is 0.547. The monoisotopic (exact) mass is 317 g/mol. The molecule has 3 heterocycles. The van der Waals surface area contributed by atoms with E-state index < -0.39 is 0 Å². The molecule has 4 heteroatoms.